The molecule has 0 unspecified atom stereocenters. The fraction of sp³-hybridized carbons (Fsp3) is 0.261. The van der Waals surface area contributed by atoms with Gasteiger partial charge in [-0.1, -0.05) is 17.9 Å². The van der Waals surface area contributed by atoms with Crippen LogP contribution in [0.25, 0.3) is 10.4 Å². The first-order valence-corrected chi connectivity index (χ1v) is 12.0. The molecule has 2 amide bonds. The van der Waals surface area contributed by atoms with Crippen LogP contribution in [0.4, 0.5) is 13.2 Å². The zero-order chi connectivity index (χ0) is 24.5. The van der Waals surface area contributed by atoms with E-state index < -0.39 is 17.6 Å². The predicted octanol–water partition coefficient (Wildman–Crippen LogP) is 1.96. The molecule has 6 nitrogen and oxygen atoms in total. The first kappa shape index (κ1) is 28.0. The van der Waals surface area contributed by atoms with Crippen molar-refractivity contribution in [1.29, 1.82) is 0 Å². The molecule has 0 saturated carbocycles. The Bertz CT molecular complexity index is 1250. The minimum atomic E-state index is -4.45. The normalized spacial score (nSPS) is 14.1. The number of hydrazone groups is 1. The molecular weight excluding hydrogens is 526 g/mol. The first-order valence-electron chi connectivity index (χ1n) is 10.4. The number of rotatable bonds is 5. The van der Waals surface area contributed by atoms with Gasteiger partial charge in [0.15, 0.2) is 0 Å². The molecule has 1 N–H and O–H groups in total. The van der Waals surface area contributed by atoms with Gasteiger partial charge in [-0.05, 0) is 55.0 Å². The molecule has 1 aliphatic heterocycles. The summed E-state index contributed by atoms with van der Waals surface area (Å²) in [5, 5.41) is 18.3. The molecule has 2 aromatic heterocycles. The molecule has 0 bridgehead atoms. The molecule has 4 rings (SSSR count). The van der Waals surface area contributed by atoms with Gasteiger partial charge in [0.05, 0.1) is 21.0 Å². The largest absolute Gasteiger partial charge is 1.00 e. The van der Waals surface area contributed by atoms with Crippen molar-refractivity contribution in [2.24, 2.45) is 5.10 Å². The standard InChI is InChI=1S/C23H20F3N3O3S2.K/c1-13(16-12-33-20(19(16)30)14-4-6-15(7-5-14)23(24,25)26)27-28-21(31)17-8-9-18(34-17)22(32)29-10-2-3-11-29;/h4-9,12,30H,2-3,10-11H2,1H3,(H,28,31);/q;+1/p-1/b27-13+;. The summed E-state index contributed by atoms with van der Waals surface area (Å²) in [6.07, 6.45) is -2.50. The van der Waals surface area contributed by atoms with Crippen LogP contribution in [0.15, 0.2) is 46.9 Å². The summed E-state index contributed by atoms with van der Waals surface area (Å²) in [7, 11) is 0. The topological polar surface area (TPSA) is 84.8 Å². The summed E-state index contributed by atoms with van der Waals surface area (Å²) in [6, 6.07) is 7.54. The SMILES string of the molecule is C/C(=N\NC(=O)c1ccc(C(=O)N2CCCC2)s1)c1csc(-c2ccc(C(F)(F)F)cc2)c1[O-].[K+]. The van der Waals surface area contributed by atoms with E-state index in [0.717, 1.165) is 47.6 Å². The number of halogens is 3. The van der Waals surface area contributed by atoms with Gasteiger partial charge in [-0.3, -0.25) is 9.59 Å². The molecule has 35 heavy (non-hydrogen) atoms. The van der Waals surface area contributed by atoms with Crippen LogP contribution >= 0.6 is 22.7 Å². The second-order valence-electron chi connectivity index (χ2n) is 7.68. The van der Waals surface area contributed by atoms with Crippen LogP contribution < -0.4 is 61.9 Å². The van der Waals surface area contributed by atoms with Gasteiger partial charge >= 0.3 is 57.6 Å². The van der Waals surface area contributed by atoms with Gasteiger partial charge in [0.25, 0.3) is 11.8 Å². The third kappa shape index (κ3) is 6.42. The zero-order valence-corrected chi connectivity index (χ0v) is 23.7. The van der Waals surface area contributed by atoms with Crippen LogP contribution in [0.3, 0.4) is 0 Å². The number of carbonyl (C=O) groups excluding carboxylic acids is 2. The predicted molar refractivity (Wildman–Crippen MR) is 123 cm³/mol. The molecule has 3 aromatic rings. The Labute approximate surface area is 250 Å². The Balaban J connectivity index is 0.00000342. The molecule has 1 aliphatic rings. The molecule has 3 heterocycles. The minimum Gasteiger partial charge on any atom is -0.871 e. The molecule has 12 heteroatoms. The van der Waals surface area contributed by atoms with E-state index in [2.05, 4.69) is 10.5 Å². The number of hydrogen-bond acceptors (Lipinski definition) is 6. The third-order valence-corrected chi connectivity index (χ3v) is 7.45. The summed E-state index contributed by atoms with van der Waals surface area (Å²) >= 11 is 2.17. The monoisotopic (exact) mass is 545 g/mol. The van der Waals surface area contributed by atoms with E-state index in [1.54, 1.807) is 29.3 Å². The second kappa shape index (κ2) is 11.7. The Morgan fingerprint density at radius 3 is 2.31 bits per heavy atom. The zero-order valence-electron chi connectivity index (χ0n) is 18.9. The molecule has 0 radical (unpaired) electrons. The molecule has 178 valence electrons. The average molecular weight is 546 g/mol. The van der Waals surface area contributed by atoms with E-state index in [9.17, 15) is 27.9 Å². The Kier molecular flexibility index (Phi) is 9.35. The number of alkyl halides is 3. The Morgan fingerprint density at radius 1 is 1.06 bits per heavy atom. The third-order valence-electron chi connectivity index (χ3n) is 5.37. The van der Waals surface area contributed by atoms with Gasteiger partial charge in [0.2, 0.25) is 0 Å². The number of thiophene rings is 2. The second-order valence-corrected chi connectivity index (χ2v) is 9.65. The van der Waals surface area contributed by atoms with Crippen molar-refractivity contribution in [3.05, 3.63) is 62.7 Å². The number of hydrogen-bond donors (Lipinski definition) is 1. The summed E-state index contributed by atoms with van der Waals surface area (Å²) in [5.41, 5.74) is 2.49. The number of amides is 2. The van der Waals surface area contributed by atoms with E-state index in [1.807, 2.05) is 0 Å². The maximum atomic E-state index is 12.8. The van der Waals surface area contributed by atoms with Crippen LogP contribution in [0, 0.1) is 0 Å². The van der Waals surface area contributed by atoms with Gasteiger partial charge < -0.3 is 10.0 Å². The quantitative estimate of drug-likeness (QED) is 0.302. The van der Waals surface area contributed by atoms with E-state index in [0.29, 0.717) is 28.4 Å². The average Bonchev–Trinajstić information content (AvgIpc) is 3.57. The smallest absolute Gasteiger partial charge is 0.871 e. The van der Waals surface area contributed by atoms with E-state index in [-0.39, 0.29) is 79.2 Å². The Morgan fingerprint density at radius 2 is 1.69 bits per heavy atom. The van der Waals surface area contributed by atoms with Gasteiger partial charge in [0, 0.05) is 23.5 Å². The van der Waals surface area contributed by atoms with Gasteiger partial charge in [-0.15, -0.1) is 22.7 Å². The van der Waals surface area contributed by atoms with E-state index >= 15 is 0 Å². The van der Waals surface area contributed by atoms with Crippen LogP contribution in [0.1, 0.15) is 50.2 Å². The summed E-state index contributed by atoms with van der Waals surface area (Å²) in [5.74, 6) is -0.975. The summed E-state index contributed by atoms with van der Waals surface area (Å²) in [6.45, 7) is 2.99. The number of nitrogens with zero attached hydrogens (tertiary/aromatic N) is 2. The number of nitrogens with one attached hydrogen (secondary N) is 1. The van der Waals surface area contributed by atoms with E-state index in [4.69, 9.17) is 0 Å². The van der Waals surface area contributed by atoms with Crippen molar-refractivity contribution in [2.45, 2.75) is 25.9 Å². The van der Waals surface area contributed by atoms with Crippen molar-refractivity contribution in [1.82, 2.24) is 10.3 Å². The van der Waals surface area contributed by atoms with Gasteiger partial charge in [-0.2, -0.15) is 18.3 Å². The molecule has 0 spiro atoms. The first-order chi connectivity index (χ1) is 16.1. The van der Waals surface area contributed by atoms with Gasteiger partial charge in [0.1, 0.15) is 0 Å². The number of likely N-dealkylation sites (tertiary alicyclic amines) is 1. The van der Waals surface area contributed by atoms with Crippen molar-refractivity contribution >= 4 is 40.2 Å². The van der Waals surface area contributed by atoms with Crippen LogP contribution in [0.5, 0.6) is 5.75 Å². The molecule has 1 aromatic carbocycles. The van der Waals surface area contributed by atoms with Crippen molar-refractivity contribution < 1.29 is 79.3 Å². The summed E-state index contributed by atoms with van der Waals surface area (Å²) < 4.78 is 38.3. The van der Waals surface area contributed by atoms with Crippen molar-refractivity contribution in [3.8, 4) is 16.2 Å². The van der Waals surface area contributed by atoms with Crippen LogP contribution in [0.2, 0.25) is 0 Å². The molecule has 1 saturated heterocycles. The number of benzene rings is 1. The van der Waals surface area contributed by atoms with E-state index in [1.165, 1.54) is 12.1 Å². The van der Waals surface area contributed by atoms with Crippen LogP contribution in [-0.4, -0.2) is 35.5 Å². The fourth-order valence-corrected chi connectivity index (χ4v) is 5.37. The van der Waals surface area contributed by atoms with Gasteiger partial charge in [-0.25, -0.2) is 5.43 Å². The molecular formula is C23H19F3KN3O3S2. The maximum absolute atomic E-state index is 12.8. The van der Waals surface area contributed by atoms with Crippen LogP contribution in [-0.2, 0) is 6.18 Å². The summed E-state index contributed by atoms with van der Waals surface area (Å²) in [4.78, 5) is 27.8. The maximum Gasteiger partial charge on any atom is 1.00 e. The number of carbonyl (C=O) groups is 2. The molecule has 1 fully saturated rings. The Hall–Kier alpha value is -1.54. The molecule has 0 aliphatic carbocycles. The van der Waals surface area contributed by atoms with Crippen molar-refractivity contribution in [2.75, 3.05) is 13.1 Å². The minimum absolute atomic E-state index is 0. The van der Waals surface area contributed by atoms with Crippen molar-refractivity contribution in [3.63, 3.8) is 0 Å². The fourth-order valence-electron chi connectivity index (χ4n) is 3.51. The molecule has 0 atom stereocenters.